The third-order valence-corrected chi connectivity index (χ3v) is 6.52. The molecular formula is C27H29ClN2. The Morgan fingerprint density at radius 2 is 1.63 bits per heavy atom. The third-order valence-electron chi connectivity index (χ3n) is 6.38. The maximum absolute atomic E-state index is 9.71. The molecule has 1 aliphatic carbocycles. The molecule has 0 atom stereocenters. The van der Waals surface area contributed by atoms with Crippen LogP contribution < -0.4 is 0 Å². The van der Waals surface area contributed by atoms with Crippen molar-refractivity contribution in [3.8, 4) is 23.3 Å². The second kappa shape index (κ2) is 11.0. The van der Waals surface area contributed by atoms with Crippen LogP contribution in [0.4, 0.5) is 0 Å². The van der Waals surface area contributed by atoms with Gasteiger partial charge < -0.3 is 0 Å². The summed E-state index contributed by atoms with van der Waals surface area (Å²) in [6.45, 7) is 2.09. The number of halogens is 1. The molecule has 1 aliphatic rings. The minimum Gasteiger partial charge on any atom is -0.192 e. The highest BCUT2D eigenvalue weighted by Crippen LogP contribution is 2.33. The summed E-state index contributed by atoms with van der Waals surface area (Å²) in [5.74, 6) is 1.47. The van der Waals surface area contributed by atoms with Crippen LogP contribution in [-0.2, 0) is 12.8 Å². The predicted molar refractivity (Wildman–Crippen MR) is 124 cm³/mol. The van der Waals surface area contributed by atoms with Crippen molar-refractivity contribution in [3.63, 3.8) is 0 Å². The zero-order chi connectivity index (χ0) is 21.3. The van der Waals surface area contributed by atoms with Gasteiger partial charge in [0, 0.05) is 11.1 Å². The van der Waals surface area contributed by atoms with Crippen molar-refractivity contribution in [1.29, 1.82) is 10.5 Å². The van der Waals surface area contributed by atoms with Crippen LogP contribution in [-0.4, -0.2) is 0 Å². The normalized spacial score (nSPS) is 18.8. The zero-order valence-electron chi connectivity index (χ0n) is 17.7. The van der Waals surface area contributed by atoms with Crippen LogP contribution >= 0.6 is 11.6 Å². The van der Waals surface area contributed by atoms with Crippen molar-refractivity contribution >= 4 is 11.6 Å². The summed E-state index contributed by atoms with van der Waals surface area (Å²) in [7, 11) is 0. The highest BCUT2D eigenvalue weighted by molar-refractivity contribution is 6.25. The summed E-state index contributed by atoms with van der Waals surface area (Å²) >= 11 is 5.71. The first-order valence-electron chi connectivity index (χ1n) is 11.0. The first-order valence-corrected chi connectivity index (χ1v) is 11.5. The topological polar surface area (TPSA) is 47.6 Å². The Morgan fingerprint density at radius 1 is 0.933 bits per heavy atom. The van der Waals surface area contributed by atoms with E-state index in [1.54, 1.807) is 5.54 Å². The number of benzene rings is 2. The Bertz CT molecular complexity index is 952. The molecule has 2 aromatic rings. The first-order chi connectivity index (χ1) is 14.7. The lowest BCUT2D eigenvalue weighted by Crippen LogP contribution is -2.13. The molecule has 0 unspecified atom stereocenters. The molecule has 0 amide bonds. The summed E-state index contributed by atoms with van der Waals surface area (Å²) in [5, 5.41) is 19.3. The van der Waals surface area contributed by atoms with Crippen LogP contribution in [0.1, 0.15) is 67.7 Å². The monoisotopic (exact) mass is 416 g/mol. The second-order valence-electron chi connectivity index (χ2n) is 8.33. The SMILES string of the molecule is CCCc1ccc(-c2ccc(CCC3CCC(C=CCl)CC3)cc2)c(C#N)c1C#N. The maximum atomic E-state index is 9.71. The Kier molecular flexibility index (Phi) is 8.12. The first kappa shape index (κ1) is 22.1. The van der Waals surface area contributed by atoms with Crippen molar-refractivity contribution in [2.24, 2.45) is 11.8 Å². The molecule has 3 heteroatoms. The Balaban J connectivity index is 1.68. The van der Waals surface area contributed by atoms with Crippen LogP contribution in [0.25, 0.3) is 11.1 Å². The van der Waals surface area contributed by atoms with Gasteiger partial charge in [0.2, 0.25) is 0 Å². The van der Waals surface area contributed by atoms with Gasteiger partial charge in [0.05, 0.1) is 11.1 Å². The van der Waals surface area contributed by atoms with Gasteiger partial charge in [-0.05, 0) is 73.5 Å². The lowest BCUT2D eigenvalue weighted by Gasteiger charge is -2.26. The Morgan fingerprint density at radius 3 is 2.23 bits per heavy atom. The summed E-state index contributed by atoms with van der Waals surface area (Å²) in [6, 6.07) is 17.0. The van der Waals surface area contributed by atoms with Crippen molar-refractivity contribution < 1.29 is 0 Å². The van der Waals surface area contributed by atoms with E-state index in [1.165, 1.54) is 37.7 Å². The van der Waals surface area contributed by atoms with Gasteiger partial charge in [-0.3, -0.25) is 0 Å². The van der Waals surface area contributed by atoms with Crippen LogP contribution in [0.2, 0.25) is 0 Å². The molecule has 2 aromatic carbocycles. The molecule has 1 saturated carbocycles. The second-order valence-corrected chi connectivity index (χ2v) is 8.58. The van der Waals surface area contributed by atoms with E-state index in [2.05, 4.69) is 49.4 Å². The molecule has 0 N–H and O–H groups in total. The average Bonchev–Trinajstić information content (AvgIpc) is 2.79. The fraction of sp³-hybridized carbons (Fsp3) is 0.407. The maximum Gasteiger partial charge on any atom is 0.101 e. The lowest BCUT2D eigenvalue weighted by molar-refractivity contribution is 0.296. The molecule has 154 valence electrons. The van der Waals surface area contributed by atoms with Crippen LogP contribution in [0.15, 0.2) is 48.0 Å². The van der Waals surface area contributed by atoms with E-state index in [9.17, 15) is 10.5 Å². The number of hydrogen-bond acceptors (Lipinski definition) is 2. The predicted octanol–water partition coefficient (Wildman–Crippen LogP) is 7.54. The van der Waals surface area contributed by atoms with E-state index in [0.29, 0.717) is 17.0 Å². The minimum absolute atomic E-state index is 0.499. The largest absolute Gasteiger partial charge is 0.192 e. The van der Waals surface area contributed by atoms with Crippen LogP contribution in [0, 0.1) is 34.5 Å². The molecule has 2 nitrogen and oxygen atoms in total. The van der Waals surface area contributed by atoms with Crippen molar-refractivity contribution in [2.45, 2.75) is 58.3 Å². The zero-order valence-corrected chi connectivity index (χ0v) is 18.5. The fourth-order valence-electron chi connectivity index (χ4n) is 4.60. The van der Waals surface area contributed by atoms with Crippen LogP contribution in [0.3, 0.4) is 0 Å². The minimum atomic E-state index is 0.499. The molecule has 30 heavy (non-hydrogen) atoms. The number of nitriles is 2. The number of rotatable bonds is 7. The van der Waals surface area contributed by atoms with Crippen molar-refractivity contribution in [1.82, 2.24) is 0 Å². The van der Waals surface area contributed by atoms with Gasteiger partial charge >= 0.3 is 0 Å². The highest BCUT2D eigenvalue weighted by Gasteiger charge is 2.19. The average molecular weight is 417 g/mol. The number of hydrogen-bond donors (Lipinski definition) is 0. The van der Waals surface area contributed by atoms with E-state index < -0.39 is 0 Å². The summed E-state index contributed by atoms with van der Waals surface area (Å²) < 4.78 is 0. The van der Waals surface area contributed by atoms with Gasteiger partial charge in [0.1, 0.15) is 12.1 Å². The van der Waals surface area contributed by atoms with Crippen molar-refractivity contribution in [3.05, 3.63) is 70.3 Å². The smallest absolute Gasteiger partial charge is 0.101 e. The molecule has 3 rings (SSSR count). The Labute approximate surface area is 185 Å². The van der Waals surface area contributed by atoms with E-state index in [1.807, 2.05) is 12.1 Å². The molecule has 0 aromatic heterocycles. The van der Waals surface area contributed by atoms with Gasteiger partial charge in [0.25, 0.3) is 0 Å². The van der Waals surface area contributed by atoms with Gasteiger partial charge in [-0.15, -0.1) is 0 Å². The molecule has 0 bridgehead atoms. The van der Waals surface area contributed by atoms with E-state index in [-0.39, 0.29) is 0 Å². The molecule has 0 aliphatic heterocycles. The van der Waals surface area contributed by atoms with E-state index in [0.717, 1.165) is 41.9 Å². The van der Waals surface area contributed by atoms with E-state index >= 15 is 0 Å². The van der Waals surface area contributed by atoms with Gasteiger partial charge in [-0.2, -0.15) is 10.5 Å². The number of nitrogens with zero attached hydrogens (tertiary/aromatic N) is 2. The summed E-state index contributed by atoms with van der Waals surface area (Å²) in [6.07, 6.45) is 11.3. The van der Waals surface area contributed by atoms with Gasteiger partial charge in [-0.25, -0.2) is 0 Å². The molecular weight excluding hydrogens is 388 g/mol. The molecule has 1 fully saturated rings. The number of aryl methyl sites for hydroxylation is 2. The van der Waals surface area contributed by atoms with Gasteiger partial charge in [-0.1, -0.05) is 67.4 Å². The molecule has 0 radical (unpaired) electrons. The summed E-state index contributed by atoms with van der Waals surface area (Å²) in [5.41, 5.74) is 6.85. The lowest BCUT2D eigenvalue weighted by atomic mass is 9.79. The highest BCUT2D eigenvalue weighted by atomic mass is 35.5. The van der Waals surface area contributed by atoms with Gasteiger partial charge in [0.15, 0.2) is 0 Å². The standard InChI is InChI=1S/C27H29ClN2/c1-2-3-23-14-15-25(27(19-30)26(23)18-29)24-12-10-21(11-13-24)5-4-20-6-8-22(9-7-20)16-17-28/h10-17,20,22H,2-9H2,1H3. The quantitative estimate of drug-likeness (QED) is 0.467. The van der Waals surface area contributed by atoms with Crippen molar-refractivity contribution in [2.75, 3.05) is 0 Å². The molecule has 0 heterocycles. The molecule has 0 spiro atoms. The van der Waals surface area contributed by atoms with Crippen LogP contribution in [0.5, 0.6) is 0 Å². The fourth-order valence-corrected chi connectivity index (χ4v) is 4.81. The Hall–Kier alpha value is -2.55. The van der Waals surface area contributed by atoms with E-state index in [4.69, 9.17) is 11.6 Å². The molecule has 0 saturated heterocycles. The summed E-state index contributed by atoms with van der Waals surface area (Å²) in [4.78, 5) is 0. The number of allylic oxidation sites excluding steroid dienone is 1. The third kappa shape index (κ3) is 5.33.